The molecule has 1 fully saturated rings. The van der Waals surface area contributed by atoms with E-state index in [0.29, 0.717) is 0 Å². The fourth-order valence-electron chi connectivity index (χ4n) is 1.02. The summed E-state index contributed by atoms with van der Waals surface area (Å²) in [5, 5.41) is 0.964. The molecule has 1 aliphatic heterocycles. The second-order valence-electron chi connectivity index (χ2n) is 3.11. The number of alkyl halides is 5. The lowest BCUT2D eigenvalue weighted by Gasteiger charge is -2.29. The summed E-state index contributed by atoms with van der Waals surface area (Å²) < 4.78 is 65.2. The molecular weight excluding hydrogens is 239 g/mol. The van der Waals surface area contributed by atoms with E-state index in [1.54, 1.807) is 0 Å². The first-order valence-corrected chi connectivity index (χ1v) is 4.33. The number of hydrazine groups is 1. The van der Waals surface area contributed by atoms with Gasteiger partial charge in [0.25, 0.3) is 0 Å². The Bertz CT molecular complexity index is 262. The molecule has 0 saturated carbocycles. The van der Waals surface area contributed by atoms with Gasteiger partial charge in [-0.15, -0.1) is 0 Å². The maximum atomic E-state index is 12.5. The van der Waals surface area contributed by atoms with Crippen LogP contribution in [0.15, 0.2) is 0 Å². The van der Waals surface area contributed by atoms with Crippen LogP contribution in [0.25, 0.3) is 0 Å². The summed E-state index contributed by atoms with van der Waals surface area (Å²) in [7, 11) is 0. The van der Waals surface area contributed by atoms with E-state index >= 15 is 0 Å². The highest BCUT2D eigenvalue weighted by Crippen LogP contribution is 2.35. The van der Waals surface area contributed by atoms with Crippen molar-refractivity contribution in [3.63, 3.8) is 0 Å². The molecule has 0 radical (unpaired) electrons. The monoisotopic (exact) mass is 248 g/mol. The van der Waals surface area contributed by atoms with Gasteiger partial charge >= 0.3 is 18.0 Å². The summed E-state index contributed by atoms with van der Waals surface area (Å²) in [6, 6.07) is 0. The van der Waals surface area contributed by atoms with Crippen LogP contribution in [0.4, 0.5) is 22.0 Å². The lowest BCUT2D eigenvalue weighted by molar-refractivity contribution is -0.271. The maximum absolute atomic E-state index is 12.5. The van der Waals surface area contributed by atoms with Crippen molar-refractivity contribution in [1.82, 2.24) is 10.4 Å². The van der Waals surface area contributed by atoms with Gasteiger partial charge in [-0.3, -0.25) is 10.2 Å². The zero-order chi connectivity index (χ0) is 12.4. The third kappa shape index (κ3) is 2.79. The largest absolute Gasteiger partial charge is 0.463 e. The van der Waals surface area contributed by atoms with Gasteiger partial charge in [0, 0.05) is 13.1 Å². The van der Waals surface area contributed by atoms with Gasteiger partial charge in [-0.25, -0.2) is 5.01 Å². The molecule has 1 N–H and O–H groups in total. The van der Waals surface area contributed by atoms with Gasteiger partial charge < -0.3 is 4.74 Å². The molecule has 1 rings (SSSR count). The van der Waals surface area contributed by atoms with Crippen molar-refractivity contribution in [1.29, 1.82) is 0 Å². The minimum atomic E-state index is -5.89. The molecule has 0 bridgehead atoms. The zero-order valence-corrected chi connectivity index (χ0v) is 7.98. The van der Waals surface area contributed by atoms with E-state index in [0.717, 1.165) is 5.01 Å². The highest BCUT2D eigenvalue weighted by atomic mass is 19.4. The summed E-state index contributed by atoms with van der Waals surface area (Å²) in [4.78, 5) is 10.7. The number of hydrogen-bond acceptors (Lipinski definition) is 3. The molecule has 0 aromatic rings. The van der Waals surface area contributed by atoms with Crippen molar-refractivity contribution in [2.24, 2.45) is 0 Å². The van der Waals surface area contributed by atoms with Gasteiger partial charge in [0.05, 0.1) is 13.2 Å². The molecule has 1 amide bonds. The predicted octanol–water partition coefficient (Wildman–Crippen LogP) is 0.547. The zero-order valence-electron chi connectivity index (χ0n) is 7.98. The number of hydrogen-bond donors (Lipinski definition) is 1. The Morgan fingerprint density at radius 3 is 2.06 bits per heavy atom. The second kappa shape index (κ2) is 4.50. The molecule has 4 nitrogen and oxygen atoms in total. The Balaban J connectivity index is 2.57. The molecule has 94 valence electrons. The molecule has 0 aromatic carbocycles. The van der Waals surface area contributed by atoms with Crippen molar-refractivity contribution in [2.75, 3.05) is 26.3 Å². The van der Waals surface area contributed by atoms with Gasteiger partial charge in [0.15, 0.2) is 0 Å². The van der Waals surface area contributed by atoms with E-state index in [4.69, 9.17) is 4.74 Å². The van der Waals surface area contributed by atoms with E-state index in [-0.39, 0.29) is 26.3 Å². The lowest BCUT2D eigenvalue weighted by Crippen LogP contribution is -2.57. The Hall–Kier alpha value is -0.960. The highest BCUT2D eigenvalue weighted by molar-refractivity contribution is 5.83. The third-order valence-corrected chi connectivity index (χ3v) is 1.91. The van der Waals surface area contributed by atoms with E-state index in [9.17, 15) is 26.7 Å². The number of carbonyl (C=O) groups is 1. The Labute approximate surface area is 87.3 Å². The third-order valence-electron chi connectivity index (χ3n) is 1.91. The van der Waals surface area contributed by atoms with Crippen molar-refractivity contribution in [3.05, 3.63) is 0 Å². The normalized spacial score (nSPS) is 19.6. The van der Waals surface area contributed by atoms with Crippen molar-refractivity contribution < 1.29 is 31.5 Å². The number of nitrogens with one attached hydrogen (secondary N) is 1. The minimum Gasteiger partial charge on any atom is -0.379 e. The Morgan fingerprint density at radius 1 is 1.12 bits per heavy atom. The number of amides is 1. The van der Waals surface area contributed by atoms with Gasteiger partial charge in [-0.05, 0) is 0 Å². The topological polar surface area (TPSA) is 41.6 Å². The first kappa shape index (κ1) is 13.1. The van der Waals surface area contributed by atoms with Crippen LogP contribution in [0.1, 0.15) is 0 Å². The molecule has 0 aromatic heterocycles. The van der Waals surface area contributed by atoms with E-state index in [2.05, 4.69) is 0 Å². The molecule has 1 heterocycles. The first-order valence-electron chi connectivity index (χ1n) is 4.33. The molecule has 0 aliphatic carbocycles. The fourth-order valence-corrected chi connectivity index (χ4v) is 1.02. The number of halogens is 5. The number of nitrogens with zero attached hydrogens (tertiary/aromatic N) is 1. The van der Waals surface area contributed by atoms with Crippen LogP contribution < -0.4 is 5.43 Å². The van der Waals surface area contributed by atoms with Gasteiger partial charge in [-0.1, -0.05) is 0 Å². The smallest absolute Gasteiger partial charge is 0.379 e. The van der Waals surface area contributed by atoms with E-state index in [1.807, 2.05) is 0 Å². The van der Waals surface area contributed by atoms with Crippen LogP contribution in [0, 0.1) is 0 Å². The number of carbonyl (C=O) groups excluding carboxylic acids is 1. The molecule has 1 aliphatic rings. The van der Waals surface area contributed by atoms with Crippen LogP contribution in [-0.4, -0.2) is 49.3 Å². The highest BCUT2D eigenvalue weighted by Gasteiger charge is 2.63. The van der Waals surface area contributed by atoms with Gasteiger partial charge in [-0.2, -0.15) is 22.0 Å². The quantitative estimate of drug-likeness (QED) is 0.725. The molecule has 16 heavy (non-hydrogen) atoms. The van der Waals surface area contributed by atoms with Crippen LogP contribution >= 0.6 is 0 Å². The summed E-state index contributed by atoms with van der Waals surface area (Å²) >= 11 is 0. The summed E-state index contributed by atoms with van der Waals surface area (Å²) in [5.41, 5.74) is 1.51. The van der Waals surface area contributed by atoms with Gasteiger partial charge in [0.1, 0.15) is 0 Å². The SMILES string of the molecule is O=C(NN1CCOCC1)C(F)(F)C(F)(F)F. The molecule has 1 saturated heterocycles. The number of morpholine rings is 1. The standard InChI is InChI=1S/C7H9F5N2O2/c8-6(9,7(10,11)12)5(15)13-14-1-3-16-4-2-14/h1-4H2,(H,13,15). The van der Waals surface area contributed by atoms with Crippen LogP contribution in [-0.2, 0) is 9.53 Å². The number of ether oxygens (including phenoxy) is 1. The average molecular weight is 248 g/mol. The predicted molar refractivity (Wildman–Crippen MR) is 41.5 cm³/mol. The Kier molecular flexibility index (Phi) is 3.68. The summed E-state index contributed by atoms with van der Waals surface area (Å²) in [6.45, 7) is 0.467. The number of rotatable bonds is 2. The fraction of sp³-hybridized carbons (Fsp3) is 0.857. The van der Waals surface area contributed by atoms with Crippen LogP contribution in [0.2, 0.25) is 0 Å². The van der Waals surface area contributed by atoms with Crippen molar-refractivity contribution in [2.45, 2.75) is 12.1 Å². The molecular formula is C7H9F5N2O2. The first-order chi connectivity index (χ1) is 7.25. The molecule has 0 unspecified atom stereocenters. The van der Waals surface area contributed by atoms with Crippen LogP contribution in [0.3, 0.4) is 0 Å². The molecule has 9 heteroatoms. The lowest BCUT2D eigenvalue weighted by atomic mass is 10.3. The van der Waals surface area contributed by atoms with Crippen LogP contribution in [0.5, 0.6) is 0 Å². The maximum Gasteiger partial charge on any atom is 0.463 e. The Morgan fingerprint density at radius 2 is 1.62 bits per heavy atom. The van der Waals surface area contributed by atoms with Crippen molar-refractivity contribution >= 4 is 5.91 Å². The summed E-state index contributed by atoms with van der Waals surface area (Å²) in [6.07, 6.45) is -5.89. The second-order valence-corrected chi connectivity index (χ2v) is 3.11. The minimum absolute atomic E-state index is 0.0691. The van der Waals surface area contributed by atoms with Crippen molar-refractivity contribution in [3.8, 4) is 0 Å². The van der Waals surface area contributed by atoms with E-state index in [1.165, 1.54) is 5.43 Å². The average Bonchev–Trinajstić information content (AvgIpc) is 2.17. The summed E-state index contributed by atoms with van der Waals surface area (Å²) in [5.74, 6) is -7.76. The molecule has 0 spiro atoms. The van der Waals surface area contributed by atoms with Gasteiger partial charge in [0.2, 0.25) is 0 Å². The molecule has 0 atom stereocenters. The van der Waals surface area contributed by atoms with E-state index < -0.39 is 18.0 Å².